The van der Waals surface area contributed by atoms with E-state index >= 15 is 0 Å². The molecule has 1 aromatic rings. The molecule has 1 unspecified atom stereocenters. The smallest absolute Gasteiger partial charge is 0.131 e. The maximum Gasteiger partial charge on any atom is 0.131 e. The Bertz CT molecular complexity index is 295. The van der Waals surface area contributed by atoms with Crippen molar-refractivity contribution in [3.05, 3.63) is 22.4 Å². The van der Waals surface area contributed by atoms with Gasteiger partial charge in [0.05, 0.1) is 0 Å². The van der Waals surface area contributed by atoms with Gasteiger partial charge in [-0.15, -0.1) is 11.3 Å². The number of carbonyl (C=O) groups excluding carboxylic acids is 1. The van der Waals surface area contributed by atoms with E-state index in [0.717, 1.165) is 13.0 Å². The summed E-state index contributed by atoms with van der Waals surface area (Å²) in [4.78, 5) is 14.5. The molecule has 0 aliphatic rings. The van der Waals surface area contributed by atoms with Crippen LogP contribution in [0, 0.1) is 0 Å². The number of hydrogen-bond donors (Lipinski definition) is 0. The van der Waals surface area contributed by atoms with Gasteiger partial charge in [-0.1, -0.05) is 6.07 Å². The van der Waals surface area contributed by atoms with Crippen LogP contribution in [0.2, 0.25) is 0 Å². The highest BCUT2D eigenvalue weighted by Gasteiger charge is 2.10. The van der Waals surface area contributed by atoms with Crippen molar-refractivity contribution in [2.24, 2.45) is 0 Å². The summed E-state index contributed by atoms with van der Waals surface area (Å²) in [6.45, 7) is 4.72. The fourth-order valence-corrected chi connectivity index (χ4v) is 2.26. The summed E-state index contributed by atoms with van der Waals surface area (Å²) in [5.41, 5.74) is 0. The Kier molecular flexibility index (Phi) is 4.99. The first-order chi connectivity index (χ1) is 7.09. The number of likely N-dealkylation sites (N-methyl/N-ethyl adjacent to an activating group) is 1. The zero-order valence-electron chi connectivity index (χ0n) is 9.69. The molecule has 1 heterocycles. The first kappa shape index (κ1) is 12.4. The molecule has 0 fully saturated rings. The molecule has 0 amide bonds. The average Bonchev–Trinajstić information content (AvgIpc) is 2.66. The molecule has 0 aliphatic heterocycles. The van der Waals surface area contributed by atoms with Gasteiger partial charge < -0.3 is 4.90 Å². The largest absolute Gasteiger partial charge is 0.303 e. The van der Waals surface area contributed by atoms with Crippen LogP contribution in [-0.2, 0) is 11.2 Å². The van der Waals surface area contributed by atoms with Crippen molar-refractivity contribution in [3.63, 3.8) is 0 Å². The fourth-order valence-electron chi connectivity index (χ4n) is 1.43. The van der Waals surface area contributed by atoms with Crippen LogP contribution in [0.5, 0.6) is 0 Å². The highest BCUT2D eigenvalue weighted by atomic mass is 32.1. The minimum Gasteiger partial charge on any atom is -0.303 e. The third kappa shape index (κ3) is 4.58. The second-order valence-corrected chi connectivity index (χ2v) is 5.10. The third-order valence-electron chi connectivity index (χ3n) is 2.65. The van der Waals surface area contributed by atoms with Gasteiger partial charge in [-0.25, -0.2) is 0 Å². The quantitative estimate of drug-likeness (QED) is 0.741. The number of hydrogen-bond acceptors (Lipinski definition) is 3. The molecule has 0 radical (unpaired) electrons. The zero-order valence-corrected chi connectivity index (χ0v) is 10.5. The Balaban J connectivity index is 2.33. The molecule has 2 nitrogen and oxygen atoms in total. The maximum absolute atomic E-state index is 10.9. The highest BCUT2D eigenvalue weighted by Crippen LogP contribution is 2.13. The fraction of sp³-hybridized carbons (Fsp3) is 0.583. The lowest BCUT2D eigenvalue weighted by Gasteiger charge is -2.23. The zero-order chi connectivity index (χ0) is 11.3. The van der Waals surface area contributed by atoms with Gasteiger partial charge in [-0.2, -0.15) is 0 Å². The van der Waals surface area contributed by atoms with Crippen LogP contribution in [0.4, 0.5) is 0 Å². The number of nitrogens with zero attached hydrogens (tertiary/aromatic N) is 1. The van der Waals surface area contributed by atoms with Crippen molar-refractivity contribution in [2.45, 2.75) is 32.7 Å². The Labute approximate surface area is 95.9 Å². The molecule has 0 saturated heterocycles. The Morgan fingerprint density at radius 1 is 1.60 bits per heavy atom. The van der Waals surface area contributed by atoms with Gasteiger partial charge in [-0.05, 0) is 38.8 Å². The molecule has 3 heteroatoms. The average molecular weight is 225 g/mol. The monoisotopic (exact) mass is 225 g/mol. The summed E-state index contributed by atoms with van der Waals surface area (Å²) < 4.78 is 0. The van der Waals surface area contributed by atoms with Crippen LogP contribution in [-0.4, -0.2) is 30.3 Å². The van der Waals surface area contributed by atoms with Gasteiger partial charge in [0, 0.05) is 23.9 Å². The predicted octanol–water partition coefficient (Wildman–Crippen LogP) is 2.59. The molecule has 0 aliphatic carbocycles. The molecule has 1 aromatic heterocycles. The third-order valence-corrected chi connectivity index (χ3v) is 3.54. The molecule has 84 valence electrons. The lowest BCUT2D eigenvalue weighted by atomic mass is 10.1. The maximum atomic E-state index is 10.9. The molecule has 1 rings (SSSR count). The first-order valence-electron chi connectivity index (χ1n) is 5.31. The number of thiophene rings is 1. The van der Waals surface area contributed by atoms with E-state index in [0.29, 0.717) is 12.5 Å². The van der Waals surface area contributed by atoms with Crippen molar-refractivity contribution >= 4 is 17.1 Å². The van der Waals surface area contributed by atoms with E-state index in [1.807, 2.05) is 0 Å². The van der Waals surface area contributed by atoms with E-state index in [-0.39, 0.29) is 5.78 Å². The van der Waals surface area contributed by atoms with Crippen molar-refractivity contribution in [1.82, 2.24) is 4.90 Å². The Morgan fingerprint density at radius 3 is 2.87 bits per heavy atom. The number of Topliss-reactive ketones (excluding diaryl/α,β-unsaturated/α-hetero) is 1. The van der Waals surface area contributed by atoms with Gasteiger partial charge in [0.2, 0.25) is 0 Å². The lowest BCUT2D eigenvalue weighted by Crippen LogP contribution is -2.32. The normalized spacial score (nSPS) is 13.1. The van der Waals surface area contributed by atoms with Crippen LogP contribution >= 0.6 is 11.3 Å². The van der Waals surface area contributed by atoms with Crippen LogP contribution < -0.4 is 0 Å². The molecule has 0 aromatic carbocycles. The molecule has 0 N–H and O–H groups in total. The topological polar surface area (TPSA) is 20.3 Å². The summed E-state index contributed by atoms with van der Waals surface area (Å²) >= 11 is 1.80. The lowest BCUT2D eigenvalue weighted by molar-refractivity contribution is -0.117. The number of ketones is 1. The van der Waals surface area contributed by atoms with Crippen LogP contribution in [0.1, 0.15) is 25.1 Å². The number of carbonyl (C=O) groups is 1. The van der Waals surface area contributed by atoms with Crippen LogP contribution in [0.25, 0.3) is 0 Å². The summed E-state index contributed by atoms with van der Waals surface area (Å²) in [6.07, 6.45) is 1.73. The van der Waals surface area contributed by atoms with Gasteiger partial charge in [0.15, 0.2) is 0 Å². The molecule has 0 bridgehead atoms. The van der Waals surface area contributed by atoms with E-state index < -0.39 is 0 Å². The predicted molar refractivity (Wildman–Crippen MR) is 65.4 cm³/mol. The van der Waals surface area contributed by atoms with Crippen molar-refractivity contribution in [2.75, 3.05) is 13.6 Å². The van der Waals surface area contributed by atoms with Gasteiger partial charge >= 0.3 is 0 Å². The van der Waals surface area contributed by atoms with Crippen molar-refractivity contribution < 1.29 is 4.79 Å². The summed E-state index contributed by atoms with van der Waals surface area (Å²) in [7, 11) is 2.08. The minimum atomic E-state index is 0.269. The van der Waals surface area contributed by atoms with E-state index in [9.17, 15) is 4.79 Å². The van der Waals surface area contributed by atoms with E-state index in [4.69, 9.17) is 0 Å². The molecule has 15 heavy (non-hydrogen) atoms. The molecular formula is C12H19NOS. The number of rotatable bonds is 6. The van der Waals surface area contributed by atoms with Crippen LogP contribution in [0.15, 0.2) is 17.5 Å². The summed E-state index contributed by atoms with van der Waals surface area (Å²) in [5, 5.41) is 2.11. The van der Waals surface area contributed by atoms with E-state index in [1.165, 1.54) is 4.88 Å². The molecule has 1 atom stereocenters. The summed E-state index contributed by atoms with van der Waals surface area (Å²) in [6, 6.07) is 4.76. The van der Waals surface area contributed by atoms with E-state index in [2.05, 4.69) is 36.4 Å². The molecule has 0 spiro atoms. The second kappa shape index (κ2) is 6.03. The van der Waals surface area contributed by atoms with Crippen LogP contribution in [0.3, 0.4) is 0 Å². The Hall–Kier alpha value is -0.670. The van der Waals surface area contributed by atoms with Gasteiger partial charge in [-0.3, -0.25) is 4.79 Å². The van der Waals surface area contributed by atoms with Crippen molar-refractivity contribution in [1.29, 1.82) is 0 Å². The van der Waals surface area contributed by atoms with E-state index in [1.54, 1.807) is 18.3 Å². The molecular weight excluding hydrogens is 206 g/mol. The SMILES string of the molecule is CC(=O)CCN(C)C(C)Cc1cccs1. The summed E-state index contributed by atoms with van der Waals surface area (Å²) in [5.74, 6) is 0.269. The second-order valence-electron chi connectivity index (χ2n) is 4.07. The first-order valence-corrected chi connectivity index (χ1v) is 6.19. The van der Waals surface area contributed by atoms with Gasteiger partial charge in [0.25, 0.3) is 0 Å². The minimum absolute atomic E-state index is 0.269. The van der Waals surface area contributed by atoms with Crippen molar-refractivity contribution in [3.8, 4) is 0 Å². The Morgan fingerprint density at radius 2 is 2.33 bits per heavy atom. The van der Waals surface area contributed by atoms with Gasteiger partial charge in [0.1, 0.15) is 5.78 Å². The standard InChI is InChI=1S/C12H19NOS/c1-10(9-12-5-4-8-15-12)13(3)7-6-11(2)14/h4-5,8,10H,6-7,9H2,1-3H3. The molecule has 0 saturated carbocycles. The highest BCUT2D eigenvalue weighted by molar-refractivity contribution is 7.09.